The number of ether oxygens (including phenoxy) is 1. The molecular weight excluding hydrogens is 248 g/mol. The van der Waals surface area contributed by atoms with Crippen molar-refractivity contribution in [3.63, 3.8) is 0 Å². The quantitative estimate of drug-likeness (QED) is 0.593. The molecule has 2 aliphatic carbocycles. The van der Waals surface area contributed by atoms with Crippen LogP contribution >= 0.6 is 0 Å². The van der Waals surface area contributed by atoms with Gasteiger partial charge < -0.3 is 4.74 Å². The lowest BCUT2D eigenvalue weighted by Gasteiger charge is -2.09. The molecule has 0 saturated carbocycles. The second-order valence-electron chi connectivity index (χ2n) is 4.42. The van der Waals surface area contributed by atoms with E-state index in [0.717, 1.165) is 11.1 Å². The standard InChI is InChI=1S/C18H16O2/c1-14(2)18(19)20-17-13-9-5-7-11-15-10-6-3-4-8-12-16(15)17/h3-13H,1H2,2H3. The number of fused-ring (bicyclic) bond motifs is 1. The molecule has 0 spiro atoms. The SMILES string of the molecule is C=C(C)C(=O)Oc1cccccc2ccccccc1-2. The Morgan fingerprint density at radius 2 is 1.45 bits per heavy atom. The van der Waals surface area contributed by atoms with Crippen molar-refractivity contribution in [1.82, 2.24) is 0 Å². The van der Waals surface area contributed by atoms with E-state index in [0.29, 0.717) is 11.3 Å². The molecule has 0 aromatic carbocycles. The van der Waals surface area contributed by atoms with Crippen molar-refractivity contribution in [2.75, 3.05) is 0 Å². The van der Waals surface area contributed by atoms with Gasteiger partial charge in [0.15, 0.2) is 0 Å². The van der Waals surface area contributed by atoms with Crippen LogP contribution in [0.2, 0.25) is 0 Å². The fourth-order valence-corrected chi connectivity index (χ4v) is 1.73. The molecule has 2 nitrogen and oxygen atoms in total. The molecule has 2 rings (SSSR count). The zero-order valence-electron chi connectivity index (χ0n) is 11.4. The molecular formula is C18H16O2. The highest BCUT2D eigenvalue weighted by Gasteiger charge is 2.09. The maximum absolute atomic E-state index is 11.8. The van der Waals surface area contributed by atoms with Crippen LogP contribution in [0.1, 0.15) is 6.92 Å². The number of rotatable bonds is 2. The highest BCUT2D eigenvalue weighted by molar-refractivity contribution is 5.90. The van der Waals surface area contributed by atoms with Gasteiger partial charge in [0.1, 0.15) is 5.75 Å². The van der Waals surface area contributed by atoms with Crippen LogP contribution in [-0.4, -0.2) is 5.97 Å². The first-order chi connectivity index (χ1) is 9.68. The summed E-state index contributed by atoms with van der Waals surface area (Å²) >= 11 is 0. The van der Waals surface area contributed by atoms with Crippen LogP contribution < -0.4 is 4.74 Å². The Morgan fingerprint density at radius 3 is 2.10 bits per heavy atom. The first-order valence-electron chi connectivity index (χ1n) is 6.37. The Labute approximate surface area is 119 Å². The van der Waals surface area contributed by atoms with Crippen LogP contribution in [0.3, 0.4) is 0 Å². The number of esters is 1. The Bertz CT molecular complexity index is 653. The van der Waals surface area contributed by atoms with Gasteiger partial charge in [-0.2, -0.15) is 0 Å². The Balaban J connectivity index is 2.62. The minimum Gasteiger partial charge on any atom is -0.423 e. The predicted molar refractivity (Wildman–Crippen MR) is 81.1 cm³/mol. The molecule has 0 amide bonds. The van der Waals surface area contributed by atoms with E-state index in [1.165, 1.54) is 0 Å². The summed E-state index contributed by atoms with van der Waals surface area (Å²) in [4.78, 5) is 11.8. The minimum atomic E-state index is -0.420. The van der Waals surface area contributed by atoms with Crippen LogP contribution in [0.25, 0.3) is 11.1 Å². The third kappa shape index (κ3) is 3.45. The van der Waals surface area contributed by atoms with E-state index in [1.54, 1.807) is 13.0 Å². The zero-order chi connectivity index (χ0) is 14.4. The van der Waals surface area contributed by atoms with E-state index >= 15 is 0 Å². The van der Waals surface area contributed by atoms with E-state index in [1.807, 2.05) is 60.7 Å². The summed E-state index contributed by atoms with van der Waals surface area (Å²) in [5.74, 6) is 0.0980. The van der Waals surface area contributed by atoms with Crippen molar-refractivity contribution in [2.24, 2.45) is 0 Å². The average Bonchev–Trinajstić information content (AvgIpc) is 2.37. The molecule has 0 bridgehead atoms. The maximum Gasteiger partial charge on any atom is 0.338 e. The van der Waals surface area contributed by atoms with Gasteiger partial charge >= 0.3 is 5.97 Å². The van der Waals surface area contributed by atoms with E-state index in [2.05, 4.69) is 6.58 Å². The van der Waals surface area contributed by atoms with Crippen LogP contribution in [-0.2, 0) is 4.79 Å². The van der Waals surface area contributed by atoms with Gasteiger partial charge in [-0.25, -0.2) is 4.79 Å². The number of carbonyl (C=O) groups excluding carboxylic acids is 1. The predicted octanol–water partition coefficient (Wildman–Crippen LogP) is 4.40. The Hall–Kier alpha value is -2.61. The van der Waals surface area contributed by atoms with Crippen molar-refractivity contribution in [3.8, 4) is 16.9 Å². The highest BCUT2D eigenvalue weighted by Crippen LogP contribution is 2.28. The largest absolute Gasteiger partial charge is 0.423 e. The number of hydrogen-bond acceptors (Lipinski definition) is 2. The molecule has 0 atom stereocenters. The second kappa shape index (κ2) is 6.53. The first-order valence-corrected chi connectivity index (χ1v) is 6.37. The lowest BCUT2D eigenvalue weighted by Crippen LogP contribution is -2.08. The van der Waals surface area contributed by atoms with Gasteiger partial charge in [-0.1, -0.05) is 67.2 Å². The van der Waals surface area contributed by atoms with Crippen molar-refractivity contribution in [3.05, 3.63) is 78.9 Å². The summed E-state index contributed by atoms with van der Waals surface area (Å²) in [6.45, 7) is 5.24. The molecule has 0 aromatic heterocycles. The molecule has 2 heteroatoms. The molecule has 0 radical (unpaired) electrons. The summed E-state index contributed by atoms with van der Waals surface area (Å²) in [5, 5.41) is 0. The maximum atomic E-state index is 11.8. The molecule has 20 heavy (non-hydrogen) atoms. The summed E-state index contributed by atoms with van der Waals surface area (Å²) in [5.41, 5.74) is 2.22. The molecule has 0 heterocycles. The van der Waals surface area contributed by atoms with Crippen LogP contribution in [0.15, 0.2) is 78.9 Å². The molecule has 0 N–H and O–H groups in total. The number of carbonyl (C=O) groups is 1. The molecule has 0 aromatic rings. The van der Waals surface area contributed by atoms with E-state index in [9.17, 15) is 4.79 Å². The fraction of sp³-hybridized carbons (Fsp3) is 0.0556. The van der Waals surface area contributed by atoms with Gasteiger partial charge in [0.05, 0.1) is 0 Å². The van der Waals surface area contributed by atoms with Crippen molar-refractivity contribution >= 4 is 5.97 Å². The fourth-order valence-electron chi connectivity index (χ4n) is 1.73. The number of hydrogen-bond donors (Lipinski definition) is 0. The normalized spacial score (nSPS) is 9.65. The molecule has 0 fully saturated rings. The summed E-state index contributed by atoms with van der Waals surface area (Å²) in [6.07, 6.45) is 0. The molecule has 100 valence electrons. The zero-order valence-corrected chi connectivity index (χ0v) is 11.4. The van der Waals surface area contributed by atoms with Gasteiger partial charge in [0.2, 0.25) is 0 Å². The van der Waals surface area contributed by atoms with Gasteiger partial charge in [-0.15, -0.1) is 0 Å². The second-order valence-corrected chi connectivity index (χ2v) is 4.42. The van der Waals surface area contributed by atoms with Gasteiger partial charge in [0.25, 0.3) is 0 Å². The molecule has 0 aliphatic heterocycles. The van der Waals surface area contributed by atoms with Crippen LogP contribution in [0.4, 0.5) is 0 Å². The lowest BCUT2D eigenvalue weighted by atomic mass is 10.1. The summed E-state index contributed by atoms with van der Waals surface area (Å²) < 4.78 is 5.42. The summed E-state index contributed by atoms with van der Waals surface area (Å²) in [7, 11) is 0. The van der Waals surface area contributed by atoms with Gasteiger partial charge in [0, 0.05) is 11.1 Å². The van der Waals surface area contributed by atoms with Crippen LogP contribution in [0, 0.1) is 0 Å². The van der Waals surface area contributed by atoms with Crippen molar-refractivity contribution in [1.29, 1.82) is 0 Å². The lowest BCUT2D eigenvalue weighted by molar-refractivity contribution is -0.130. The third-order valence-electron chi connectivity index (χ3n) is 2.75. The smallest absolute Gasteiger partial charge is 0.338 e. The van der Waals surface area contributed by atoms with E-state index < -0.39 is 5.97 Å². The van der Waals surface area contributed by atoms with E-state index in [4.69, 9.17) is 4.74 Å². The molecule has 0 saturated heterocycles. The monoisotopic (exact) mass is 264 g/mol. The highest BCUT2D eigenvalue weighted by atomic mass is 16.5. The average molecular weight is 264 g/mol. The van der Waals surface area contributed by atoms with Gasteiger partial charge in [-0.3, -0.25) is 0 Å². The van der Waals surface area contributed by atoms with Crippen molar-refractivity contribution in [2.45, 2.75) is 6.92 Å². The summed E-state index contributed by atoms with van der Waals surface area (Å²) in [6, 6.07) is 21.1. The third-order valence-corrected chi connectivity index (χ3v) is 2.75. The Kier molecular flexibility index (Phi) is 4.51. The van der Waals surface area contributed by atoms with Gasteiger partial charge in [-0.05, 0) is 18.6 Å². The molecule has 2 aliphatic rings. The topological polar surface area (TPSA) is 26.3 Å². The Morgan fingerprint density at radius 1 is 0.900 bits per heavy atom. The van der Waals surface area contributed by atoms with Crippen LogP contribution in [0.5, 0.6) is 5.75 Å². The first kappa shape index (κ1) is 13.8. The van der Waals surface area contributed by atoms with E-state index in [-0.39, 0.29) is 0 Å². The molecule has 0 unspecified atom stereocenters. The van der Waals surface area contributed by atoms with Crippen molar-refractivity contribution < 1.29 is 9.53 Å². The minimum absolute atomic E-state index is 0.375.